The Bertz CT molecular complexity index is 599. The first-order valence-electron chi connectivity index (χ1n) is 5.80. The Balaban J connectivity index is 2.57. The van der Waals surface area contributed by atoms with Gasteiger partial charge >= 0.3 is 0 Å². The molecule has 0 heterocycles. The van der Waals surface area contributed by atoms with Crippen LogP contribution in [-0.2, 0) is 6.42 Å². The number of methoxy groups -OCH3 is 2. The lowest BCUT2D eigenvalue weighted by atomic mass is 10.0. The maximum absolute atomic E-state index is 8.68. The van der Waals surface area contributed by atoms with Crippen LogP contribution >= 0.6 is 0 Å². The fraction of sp³-hybridized carbons (Fsp3) is 0.267. The van der Waals surface area contributed by atoms with Crippen molar-refractivity contribution in [2.45, 2.75) is 12.8 Å². The summed E-state index contributed by atoms with van der Waals surface area (Å²) in [6.45, 7) is 0. The number of aryl methyl sites for hydroxylation is 1. The van der Waals surface area contributed by atoms with Gasteiger partial charge in [-0.3, -0.25) is 0 Å². The number of benzene rings is 2. The summed E-state index contributed by atoms with van der Waals surface area (Å²) in [7, 11) is 3.30. The van der Waals surface area contributed by atoms with Gasteiger partial charge in [-0.2, -0.15) is 5.26 Å². The Kier molecular flexibility index (Phi) is 3.69. The van der Waals surface area contributed by atoms with Crippen LogP contribution in [0, 0.1) is 11.3 Å². The molecule has 0 atom stereocenters. The molecule has 2 aromatic carbocycles. The van der Waals surface area contributed by atoms with Crippen molar-refractivity contribution in [3.8, 4) is 17.6 Å². The number of hydrogen-bond donors (Lipinski definition) is 0. The standard InChI is InChI=1S/C15H15NO2/c1-17-14-7-3-5-11-9-12(6-4-8-16)15(18-2)10-13(11)14/h3,5,7,9-10H,4,6H2,1-2H3. The van der Waals surface area contributed by atoms with Crippen molar-refractivity contribution in [2.24, 2.45) is 0 Å². The first kappa shape index (κ1) is 12.3. The van der Waals surface area contributed by atoms with E-state index in [2.05, 4.69) is 12.1 Å². The largest absolute Gasteiger partial charge is 0.496 e. The predicted octanol–water partition coefficient (Wildman–Crippen LogP) is 3.31. The Morgan fingerprint density at radius 1 is 1.11 bits per heavy atom. The van der Waals surface area contributed by atoms with Crippen molar-refractivity contribution in [1.29, 1.82) is 5.26 Å². The molecule has 3 heteroatoms. The zero-order chi connectivity index (χ0) is 13.0. The fourth-order valence-corrected chi connectivity index (χ4v) is 2.08. The molecule has 18 heavy (non-hydrogen) atoms. The van der Waals surface area contributed by atoms with Gasteiger partial charge < -0.3 is 9.47 Å². The SMILES string of the molecule is COc1cc2c(OC)cccc2cc1CCC#N. The average Bonchev–Trinajstić information content (AvgIpc) is 2.43. The molecule has 0 radical (unpaired) electrons. The van der Waals surface area contributed by atoms with Crippen LogP contribution in [-0.4, -0.2) is 14.2 Å². The first-order valence-corrected chi connectivity index (χ1v) is 5.80. The van der Waals surface area contributed by atoms with Gasteiger partial charge in [0, 0.05) is 11.8 Å². The van der Waals surface area contributed by atoms with E-state index >= 15 is 0 Å². The molecule has 0 saturated heterocycles. The van der Waals surface area contributed by atoms with E-state index < -0.39 is 0 Å². The topological polar surface area (TPSA) is 42.2 Å². The van der Waals surface area contributed by atoms with E-state index in [4.69, 9.17) is 14.7 Å². The van der Waals surface area contributed by atoms with Gasteiger partial charge in [-0.15, -0.1) is 0 Å². The van der Waals surface area contributed by atoms with Crippen molar-refractivity contribution in [2.75, 3.05) is 14.2 Å². The van der Waals surface area contributed by atoms with Crippen LogP contribution in [0.25, 0.3) is 10.8 Å². The molecule has 0 amide bonds. The summed E-state index contributed by atoms with van der Waals surface area (Å²) in [6, 6.07) is 12.1. The molecule has 0 fully saturated rings. The second-order valence-corrected chi connectivity index (χ2v) is 4.00. The van der Waals surface area contributed by atoms with Crippen molar-refractivity contribution >= 4 is 10.8 Å². The molecule has 0 bridgehead atoms. The van der Waals surface area contributed by atoms with E-state index in [0.29, 0.717) is 12.8 Å². The number of ether oxygens (including phenoxy) is 2. The number of nitriles is 1. The summed E-state index contributed by atoms with van der Waals surface area (Å²) < 4.78 is 10.7. The van der Waals surface area contributed by atoms with Crippen molar-refractivity contribution in [3.63, 3.8) is 0 Å². The van der Waals surface area contributed by atoms with E-state index in [1.165, 1.54) is 0 Å². The third kappa shape index (κ3) is 2.23. The highest BCUT2D eigenvalue weighted by molar-refractivity contribution is 5.90. The quantitative estimate of drug-likeness (QED) is 0.824. The van der Waals surface area contributed by atoms with Crippen molar-refractivity contribution in [1.82, 2.24) is 0 Å². The average molecular weight is 241 g/mol. The maximum atomic E-state index is 8.68. The van der Waals surface area contributed by atoms with E-state index in [1.54, 1.807) is 14.2 Å². The molecule has 0 saturated carbocycles. The molecular weight excluding hydrogens is 226 g/mol. The van der Waals surface area contributed by atoms with Crippen LogP contribution in [0.3, 0.4) is 0 Å². The zero-order valence-electron chi connectivity index (χ0n) is 10.6. The van der Waals surface area contributed by atoms with Gasteiger partial charge in [-0.05, 0) is 35.6 Å². The summed E-state index contributed by atoms with van der Waals surface area (Å²) >= 11 is 0. The lowest BCUT2D eigenvalue weighted by molar-refractivity contribution is 0.408. The van der Waals surface area contributed by atoms with Gasteiger partial charge in [0.1, 0.15) is 11.5 Å². The van der Waals surface area contributed by atoms with Crippen molar-refractivity contribution < 1.29 is 9.47 Å². The molecule has 0 N–H and O–H groups in total. The van der Waals surface area contributed by atoms with E-state index in [0.717, 1.165) is 27.8 Å². The zero-order valence-corrected chi connectivity index (χ0v) is 10.6. The van der Waals surface area contributed by atoms with E-state index in [9.17, 15) is 0 Å². The van der Waals surface area contributed by atoms with Gasteiger partial charge in [0.05, 0.1) is 20.3 Å². The minimum Gasteiger partial charge on any atom is -0.496 e. The summed E-state index contributed by atoms with van der Waals surface area (Å²) in [5.74, 6) is 1.64. The minimum absolute atomic E-state index is 0.492. The Labute approximate surface area is 107 Å². The predicted molar refractivity (Wildman–Crippen MR) is 71.0 cm³/mol. The van der Waals surface area contributed by atoms with E-state index in [-0.39, 0.29) is 0 Å². The molecule has 3 nitrogen and oxygen atoms in total. The van der Waals surface area contributed by atoms with E-state index in [1.807, 2.05) is 24.3 Å². The summed E-state index contributed by atoms with van der Waals surface area (Å²) in [5.41, 5.74) is 1.06. The highest BCUT2D eigenvalue weighted by Gasteiger charge is 2.08. The number of rotatable bonds is 4. The molecule has 0 aliphatic heterocycles. The van der Waals surface area contributed by atoms with Gasteiger partial charge in [0.15, 0.2) is 0 Å². The lowest BCUT2D eigenvalue weighted by Gasteiger charge is -2.11. The smallest absolute Gasteiger partial charge is 0.126 e. The summed E-state index contributed by atoms with van der Waals surface area (Å²) in [4.78, 5) is 0. The van der Waals surface area contributed by atoms with Crippen molar-refractivity contribution in [3.05, 3.63) is 35.9 Å². The third-order valence-corrected chi connectivity index (χ3v) is 2.97. The molecule has 0 aliphatic rings. The molecule has 0 aromatic heterocycles. The molecular formula is C15H15NO2. The van der Waals surface area contributed by atoms with Crippen LogP contribution < -0.4 is 9.47 Å². The highest BCUT2D eigenvalue weighted by atomic mass is 16.5. The number of nitrogens with zero attached hydrogens (tertiary/aromatic N) is 1. The first-order chi connectivity index (χ1) is 8.80. The molecule has 0 unspecified atom stereocenters. The van der Waals surface area contributed by atoms with Crippen LogP contribution in [0.4, 0.5) is 0 Å². The van der Waals surface area contributed by atoms with Crippen LogP contribution in [0.2, 0.25) is 0 Å². The molecule has 92 valence electrons. The van der Waals surface area contributed by atoms with Gasteiger partial charge in [0.25, 0.3) is 0 Å². The van der Waals surface area contributed by atoms with Gasteiger partial charge in [-0.1, -0.05) is 12.1 Å². The molecule has 2 rings (SSSR count). The Morgan fingerprint density at radius 2 is 1.89 bits per heavy atom. The van der Waals surface area contributed by atoms with Gasteiger partial charge in [-0.25, -0.2) is 0 Å². The monoisotopic (exact) mass is 241 g/mol. The normalized spacial score (nSPS) is 10.1. The van der Waals surface area contributed by atoms with Crippen LogP contribution in [0.5, 0.6) is 11.5 Å². The second kappa shape index (κ2) is 5.42. The van der Waals surface area contributed by atoms with Crippen LogP contribution in [0.1, 0.15) is 12.0 Å². The fourth-order valence-electron chi connectivity index (χ4n) is 2.08. The highest BCUT2D eigenvalue weighted by Crippen LogP contribution is 2.32. The maximum Gasteiger partial charge on any atom is 0.126 e. The molecule has 0 spiro atoms. The van der Waals surface area contributed by atoms with Gasteiger partial charge in [0.2, 0.25) is 0 Å². The Morgan fingerprint density at radius 3 is 2.56 bits per heavy atom. The minimum atomic E-state index is 0.492. The lowest BCUT2D eigenvalue weighted by Crippen LogP contribution is -1.93. The molecule has 0 aliphatic carbocycles. The summed E-state index contributed by atoms with van der Waals surface area (Å²) in [5, 5.41) is 10.8. The number of fused-ring (bicyclic) bond motifs is 1. The second-order valence-electron chi connectivity index (χ2n) is 4.00. The molecule has 2 aromatic rings. The third-order valence-electron chi connectivity index (χ3n) is 2.97. The number of hydrogen-bond acceptors (Lipinski definition) is 3. The Hall–Kier alpha value is -2.21. The summed E-state index contributed by atoms with van der Waals surface area (Å²) in [6.07, 6.45) is 1.19. The van der Waals surface area contributed by atoms with Crippen LogP contribution in [0.15, 0.2) is 30.3 Å².